The fraction of sp³-hybridized carbons (Fsp3) is 0.286. The fourth-order valence-electron chi connectivity index (χ4n) is 3.52. The molecule has 1 aromatic heterocycles. The van der Waals surface area contributed by atoms with Crippen molar-refractivity contribution >= 4 is 28.5 Å². The third-order valence-electron chi connectivity index (χ3n) is 5.09. The van der Waals surface area contributed by atoms with Crippen molar-refractivity contribution in [2.45, 2.75) is 13.1 Å². The van der Waals surface area contributed by atoms with Crippen molar-refractivity contribution in [3.05, 3.63) is 75.7 Å². The summed E-state index contributed by atoms with van der Waals surface area (Å²) in [5.41, 5.74) is 2.35. The van der Waals surface area contributed by atoms with Crippen molar-refractivity contribution < 1.29 is 4.79 Å². The molecule has 144 valence electrons. The lowest BCUT2D eigenvalue weighted by Gasteiger charge is -2.35. The van der Waals surface area contributed by atoms with Crippen LogP contribution in [0, 0.1) is 0 Å². The normalized spacial score (nSPS) is 15.1. The van der Waals surface area contributed by atoms with Gasteiger partial charge in [0.15, 0.2) is 0 Å². The van der Waals surface area contributed by atoms with Gasteiger partial charge in [0.25, 0.3) is 5.56 Å². The molecule has 6 nitrogen and oxygen atoms in total. The molecule has 1 aliphatic heterocycles. The predicted molar refractivity (Wildman–Crippen MR) is 109 cm³/mol. The molecule has 0 unspecified atom stereocenters. The van der Waals surface area contributed by atoms with Crippen LogP contribution in [0.1, 0.15) is 5.56 Å². The summed E-state index contributed by atoms with van der Waals surface area (Å²) in [4.78, 5) is 33.3. The molecule has 28 heavy (non-hydrogen) atoms. The molecule has 2 heterocycles. The maximum absolute atomic E-state index is 12.8. The van der Waals surface area contributed by atoms with Gasteiger partial charge >= 0.3 is 0 Å². The Labute approximate surface area is 168 Å². The van der Waals surface area contributed by atoms with E-state index >= 15 is 0 Å². The number of aromatic nitrogens is 2. The number of hydrogen-bond donors (Lipinski definition) is 0. The van der Waals surface area contributed by atoms with Crippen LogP contribution in [0.15, 0.2) is 59.5 Å². The largest absolute Gasteiger partial charge is 0.339 e. The van der Waals surface area contributed by atoms with Crippen molar-refractivity contribution in [2.75, 3.05) is 26.2 Å². The number of halogens is 1. The van der Waals surface area contributed by atoms with Crippen LogP contribution < -0.4 is 5.56 Å². The third kappa shape index (κ3) is 4.08. The van der Waals surface area contributed by atoms with Gasteiger partial charge < -0.3 is 4.90 Å². The van der Waals surface area contributed by atoms with E-state index < -0.39 is 0 Å². The number of carbonyl (C=O) groups is 1. The maximum Gasteiger partial charge on any atom is 0.269 e. The van der Waals surface area contributed by atoms with Crippen LogP contribution in [0.25, 0.3) is 11.0 Å². The smallest absolute Gasteiger partial charge is 0.269 e. The average molecular weight is 397 g/mol. The van der Waals surface area contributed by atoms with Crippen LogP contribution >= 0.6 is 11.6 Å². The van der Waals surface area contributed by atoms with E-state index in [1.54, 1.807) is 0 Å². The number of rotatable bonds is 4. The molecule has 2 aromatic carbocycles. The summed E-state index contributed by atoms with van der Waals surface area (Å²) < 4.78 is 1.50. The van der Waals surface area contributed by atoms with E-state index in [0.717, 1.165) is 24.7 Å². The topological polar surface area (TPSA) is 58.4 Å². The molecule has 1 fully saturated rings. The molecule has 0 radical (unpaired) electrons. The Morgan fingerprint density at radius 3 is 2.46 bits per heavy atom. The summed E-state index contributed by atoms with van der Waals surface area (Å²) in [6.45, 7) is 3.81. The van der Waals surface area contributed by atoms with E-state index in [1.807, 2.05) is 53.4 Å². The van der Waals surface area contributed by atoms with Crippen molar-refractivity contribution in [3.8, 4) is 0 Å². The van der Waals surface area contributed by atoms with Crippen molar-refractivity contribution in [3.63, 3.8) is 0 Å². The molecule has 1 aliphatic rings. The van der Waals surface area contributed by atoms with Crippen LogP contribution in [0.4, 0.5) is 0 Å². The number of nitrogens with zero attached hydrogens (tertiary/aromatic N) is 4. The Bertz CT molecular complexity index is 1040. The SMILES string of the molecule is O=C(Cn1c(=O)cnc2ccccc21)N1CCN(Cc2ccc(Cl)cc2)CC1. The molecule has 1 amide bonds. The molecular weight excluding hydrogens is 376 g/mol. The summed E-state index contributed by atoms with van der Waals surface area (Å²) in [6, 6.07) is 15.2. The Morgan fingerprint density at radius 2 is 1.71 bits per heavy atom. The van der Waals surface area contributed by atoms with Gasteiger partial charge in [-0.05, 0) is 29.8 Å². The summed E-state index contributed by atoms with van der Waals surface area (Å²) >= 11 is 5.94. The maximum atomic E-state index is 12.8. The molecule has 4 rings (SSSR count). The van der Waals surface area contributed by atoms with E-state index in [1.165, 1.54) is 16.3 Å². The monoisotopic (exact) mass is 396 g/mol. The zero-order valence-electron chi connectivity index (χ0n) is 15.4. The van der Waals surface area contributed by atoms with Gasteiger partial charge in [-0.3, -0.25) is 19.1 Å². The number of carbonyl (C=O) groups excluding carboxylic acids is 1. The highest BCUT2D eigenvalue weighted by Crippen LogP contribution is 2.14. The third-order valence-corrected chi connectivity index (χ3v) is 5.34. The second kappa shape index (κ2) is 8.12. The number of para-hydroxylation sites is 2. The first kappa shape index (κ1) is 18.7. The zero-order valence-corrected chi connectivity index (χ0v) is 16.2. The number of fused-ring (bicyclic) bond motifs is 1. The lowest BCUT2D eigenvalue weighted by molar-refractivity contribution is -0.133. The van der Waals surface area contributed by atoms with E-state index in [2.05, 4.69) is 9.88 Å². The van der Waals surface area contributed by atoms with E-state index in [0.29, 0.717) is 24.1 Å². The first-order valence-corrected chi connectivity index (χ1v) is 9.67. The molecule has 3 aromatic rings. The minimum absolute atomic E-state index is 0.0374. The highest BCUT2D eigenvalue weighted by atomic mass is 35.5. The summed E-state index contributed by atoms with van der Waals surface area (Å²) in [5, 5.41) is 0.734. The van der Waals surface area contributed by atoms with Crippen molar-refractivity contribution in [1.82, 2.24) is 19.4 Å². The van der Waals surface area contributed by atoms with Gasteiger partial charge in [0.2, 0.25) is 5.91 Å². The van der Waals surface area contributed by atoms with Gasteiger partial charge in [-0.15, -0.1) is 0 Å². The fourth-order valence-corrected chi connectivity index (χ4v) is 3.64. The molecule has 0 saturated carbocycles. The van der Waals surface area contributed by atoms with Crippen LogP contribution in [0.2, 0.25) is 5.02 Å². The first-order valence-electron chi connectivity index (χ1n) is 9.29. The Morgan fingerprint density at radius 1 is 1.00 bits per heavy atom. The van der Waals surface area contributed by atoms with Crippen LogP contribution in [-0.4, -0.2) is 51.4 Å². The molecule has 0 aliphatic carbocycles. The van der Waals surface area contributed by atoms with Gasteiger partial charge in [-0.2, -0.15) is 0 Å². The van der Waals surface area contributed by atoms with Crippen LogP contribution in [0.5, 0.6) is 0 Å². The lowest BCUT2D eigenvalue weighted by atomic mass is 10.2. The molecule has 0 atom stereocenters. The van der Waals surface area contributed by atoms with Gasteiger partial charge in [0.05, 0.1) is 17.2 Å². The molecular formula is C21H21ClN4O2. The average Bonchev–Trinajstić information content (AvgIpc) is 2.72. The molecule has 0 spiro atoms. The second-order valence-corrected chi connectivity index (χ2v) is 7.39. The highest BCUT2D eigenvalue weighted by Gasteiger charge is 2.22. The summed E-state index contributed by atoms with van der Waals surface area (Å²) in [5.74, 6) is -0.0374. The molecule has 0 N–H and O–H groups in total. The Kier molecular flexibility index (Phi) is 5.41. The van der Waals surface area contributed by atoms with Gasteiger partial charge in [0.1, 0.15) is 6.54 Å². The number of hydrogen-bond acceptors (Lipinski definition) is 4. The number of benzene rings is 2. The Balaban J connectivity index is 1.39. The van der Waals surface area contributed by atoms with Crippen LogP contribution in [-0.2, 0) is 17.9 Å². The lowest BCUT2D eigenvalue weighted by Crippen LogP contribution is -2.49. The quantitative estimate of drug-likeness (QED) is 0.679. The predicted octanol–water partition coefficient (Wildman–Crippen LogP) is 2.39. The first-order chi connectivity index (χ1) is 13.6. The van der Waals surface area contributed by atoms with Crippen molar-refractivity contribution in [2.24, 2.45) is 0 Å². The minimum atomic E-state index is -0.256. The van der Waals surface area contributed by atoms with Crippen molar-refractivity contribution in [1.29, 1.82) is 0 Å². The summed E-state index contributed by atoms with van der Waals surface area (Å²) in [6.07, 6.45) is 1.28. The zero-order chi connectivity index (χ0) is 19.5. The second-order valence-electron chi connectivity index (χ2n) is 6.95. The minimum Gasteiger partial charge on any atom is -0.339 e. The van der Waals surface area contributed by atoms with Crippen LogP contribution in [0.3, 0.4) is 0 Å². The molecule has 7 heteroatoms. The number of amides is 1. The van der Waals surface area contributed by atoms with E-state index in [4.69, 9.17) is 11.6 Å². The van der Waals surface area contributed by atoms with Gasteiger partial charge in [-0.25, -0.2) is 4.98 Å². The van der Waals surface area contributed by atoms with Gasteiger partial charge in [0, 0.05) is 37.7 Å². The summed E-state index contributed by atoms with van der Waals surface area (Å²) in [7, 11) is 0. The van der Waals surface area contributed by atoms with E-state index in [-0.39, 0.29) is 18.0 Å². The van der Waals surface area contributed by atoms with E-state index in [9.17, 15) is 9.59 Å². The van der Waals surface area contributed by atoms with Gasteiger partial charge in [-0.1, -0.05) is 35.9 Å². The highest BCUT2D eigenvalue weighted by molar-refractivity contribution is 6.30. The molecule has 0 bridgehead atoms. The Hall–Kier alpha value is -2.70. The standard InChI is InChI=1S/C21H21ClN4O2/c22-17-7-5-16(6-8-17)14-24-9-11-25(12-10-24)21(28)15-26-19-4-2-1-3-18(19)23-13-20(26)27/h1-8,13H,9-12,14-15H2. The number of piperazine rings is 1. The molecule has 1 saturated heterocycles.